The molecule has 2 aliphatic rings. The van der Waals surface area contributed by atoms with Gasteiger partial charge in [0.2, 0.25) is 5.91 Å². The van der Waals surface area contributed by atoms with Gasteiger partial charge in [-0.15, -0.1) is 0 Å². The number of aryl methyl sites for hydroxylation is 1. The second-order valence-electron chi connectivity index (χ2n) is 8.84. The lowest BCUT2D eigenvalue weighted by Crippen LogP contribution is -2.57. The Morgan fingerprint density at radius 3 is 2.58 bits per heavy atom. The fourth-order valence-electron chi connectivity index (χ4n) is 5.06. The minimum atomic E-state index is -1.04. The van der Waals surface area contributed by atoms with Crippen LogP contribution in [-0.4, -0.2) is 51.1 Å². The summed E-state index contributed by atoms with van der Waals surface area (Å²) in [7, 11) is 0. The molecule has 0 unspecified atom stereocenters. The number of hydrogen-bond donors (Lipinski definition) is 4. The molecule has 0 saturated carbocycles. The van der Waals surface area contributed by atoms with Crippen LogP contribution in [0.25, 0.3) is 0 Å². The van der Waals surface area contributed by atoms with Gasteiger partial charge in [-0.05, 0) is 67.3 Å². The number of carbonyl (C=O) groups excluding carboxylic acids is 1. The summed E-state index contributed by atoms with van der Waals surface area (Å²) in [5, 5.41) is 22.7. The highest BCUT2D eigenvalue weighted by Crippen LogP contribution is 2.40. The van der Waals surface area contributed by atoms with Crippen molar-refractivity contribution in [3.05, 3.63) is 65.2 Å². The van der Waals surface area contributed by atoms with Crippen LogP contribution < -0.4 is 11.1 Å². The van der Waals surface area contributed by atoms with Crippen LogP contribution in [0, 0.1) is 0 Å². The van der Waals surface area contributed by atoms with Gasteiger partial charge < -0.3 is 20.8 Å². The normalized spacial score (nSPS) is 23.2. The van der Waals surface area contributed by atoms with E-state index in [2.05, 4.69) is 5.32 Å². The van der Waals surface area contributed by atoms with Crippen molar-refractivity contribution in [3.8, 4) is 0 Å². The zero-order valence-corrected chi connectivity index (χ0v) is 18.3. The van der Waals surface area contributed by atoms with Crippen LogP contribution in [0.1, 0.15) is 48.4 Å². The number of carboxylic acid groups (broad SMARTS) is 2. The Morgan fingerprint density at radius 2 is 1.88 bits per heavy atom. The maximum absolute atomic E-state index is 13.7. The summed E-state index contributed by atoms with van der Waals surface area (Å²) < 4.78 is 0. The van der Waals surface area contributed by atoms with Crippen LogP contribution >= 0.6 is 0 Å². The molecule has 0 bridgehead atoms. The van der Waals surface area contributed by atoms with Crippen molar-refractivity contribution >= 4 is 23.5 Å². The van der Waals surface area contributed by atoms with Crippen molar-refractivity contribution in [1.82, 2.24) is 10.2 Å². The van der Waals surface area contributed by atoms with E-state index in [-0.39, 0.29) is 18.4 Å². The molecule has 2 heterocycles. The predicted octanol–water partition coefficient (Wildman–Crippen LogP) is 2.38. The number of benzene rings is 2. The predicted molar refractivity (Wildman–Crippen MR) is 123 cm³/mol. The zero-order valence-electron chi connectivity index (χ0n) is 18.3. The first-order valence-corrected chi connectivity index (χ1v) is 11.3. The molecular weight excluding hydrogens is 422 g/mol. The SMILES string of the molecule is Nc1ccc2c(c1)[C@@H]1CCC[C@H](C(=O)O)N1C(=O)[C@H](N[C@@H](CCc1ccccc1)C(=O)O)C2. The second kappa shape index (κ2) is 9.62. The molecule has 0 aliphatic carbocycles. The fraction of sp³-hybridized carbons (Fsp3) is 0.400. The number of amides is 1. The van der Waals surface area contributed by atoms with Crippen LogP contribution in [0.2, 0.25) is 0 Å². The lowest BCUT2D eigenvalue weighted by molar-refractivity contribution is -0.156. The number of anilines is 1. The maximum Gasteiger partial charge on any atom is 0.326 e. The van der Waals surface area contributed by atoms with Gasteiger partial charge >= 0.3 is 11.9 Å². The van der Waals surface area contributed by atoms with Crippen molar-refractivity contribution in [2.45, 2.75) is 62.7 Å². The largest absolute Gasteiger partial charge is 0.480 e. The van der Waals surface area contributed by atoms with Gasteiger partial charge in [0.25, 0.3) is 0 Å². The van der Waals surface area contributed by atoms with Crippen molar-refractivity contribution in [1.29, 1.82) is 0 Å². The van der Waals surface area contributed by atoms with E-state index in [1.165, 1.54) is 4.90 Å². The average Bonchev–Trinajstić information content (AvgIpc) is 2.91. The Labute approximate surface area is 192 Å². The third kappa shape index (κ3) is 4.85. The van der Waals surface area contributed by atoms with Gasteiger partial charge in [-0.3, -0.25) is 14.9 Å². The number of piperidine rings is 1. The molecule has 8 heteroatoms. The number of carboxylic acids is 2. The number of nitrogens with zero attached hydrogens (tertiary/aromatic N) is 1. The molecule has 174 valence electrons. The van der Waals surface area contributed by atoms with Crippen LogP contribution in [0.5, 0.6) is 0 Å². The molecule has 2 aromatic rings. The Morgan fingerprint density at radius 1 is 1.12 bits per heavy atom. The molecule has 2 aliphatic heterocycles. The van der Waals surface area contributed by atoms with E-state index < -0.39 is 30.1 Å². The summed E-state index contributed by atoms with van der Waals surface area (Å²) in [6.45, 7) is 0. The van der Waals surface area contributed by atoms with E-state index in [9.17, 15) is 24.6 Å². The molecule has 5 N–H and O–H groups in total. The molecule has 2 aromatic carbocycles. The topological polar surface area (TPSA) is 133 Å². The van der Waals surface area contributed by atoms with Crippen LogP contribution in [0.15, 0.2) is 48.5 Å². The molecule has 4 rings (SSSR count). The van der Waals surface area contributed by atoms with Crippen LogP contribution in [-0.2, 0) is 27.2 Å². The molecule has 0 aromatic heterocycles. The summed E-state index contributed by atoms with van der Waals surface area (Å²) >= 11 is 0. The Hall–Kier alpha value is -3.39. The molecule has 1 saturated heterocycles. The van der Waals surface area contributed by atoms with E-state index in [0.29, 0.717) is 37.8 Å². The Bertz CT molecular complexity index is 1040. The number of rotatable bonds is 7. The molecule has 1 fully saturated rings. The summed E-state index contributed by atoms with van der Waals surface area (Å²) in [4.78, 5) is 39.1. The maximum atomic E-state index is 13.7. The first-order valence-electron chi connectivity index (χ1n) is 11.3. The van der Waals surface area contributed by atoms with E-state index in [1.807, 2.05) is 42.5 Å². The molecule has 0 spiro atoms. The quantitative estimate of drug-likeness (QED) is 0.475. The number of aliphatic carboxylic acids is 2. The van der Waals surface area contributed by atoms with Gasteiger partial charge in [0, 0.05) is 5.69 Å². The summed E-state index contributed by atoms with van der Waals surface area (Å²) in [6.07, 6.45) is 2.84. The highest BCUT2D eigenvalue weighted by Gasteiger charge is 2.44. The van der Waals surface area contributed by atoms with Gasteiger partial charge in [-0.1, -0.05) is 36.4 Å². The lowest BCUT2D eigenvalue weighted by atomic mass is 9.89. The first kappa shape index (κ1) is 22.8. The number of carbonyl (C=O) groups is 3. The summed E-state index contributed by atoms with van der Waals surface area (Å²) in [5.74, 6) is -2.45. The number of fused-ring (bicyclic) bond motifs is 3. The number of nitrogens with two attached hydrogens (primary N) is 1. The van der Waals surface area contributed by atoms with Crippen molar-refractivity contribution < 1.29 is 24.6 Å². The highest BCUT2D eigenvalue weighted by molar-refractivity contribution is 5.89. The molecule has 1 amide bonds. The third-order valence-electron chi connectivity index (χ3n) is 6.68. The van der Waals surface area contributed by atoms with E-state index in [4.69, 9.17) is 5.73 Å². The number of nitrogens with one attached hydrogen (secondary N) is 1. The van der Waals surface area contributed by atoms with Crippen molar-refractivity contribution in [2.24, 2.45) is 0 Å². The number of nitrogen functional groups attached to an aromatic ring is 1. The summed E-state index contributed by atoms with van der Waals surface area (Å²) in [6, 6.07) is 11.9. The monoisotopic (exact) mass is 451 g/mol. The van der Waals surface area contributed by atoms with Crippen molar-refractivity contribution in [3.63, 3.8) is 0 Å². The third-order valence-corrected chi connectivity index (χ3v) is 6.68. The van der Waals surface area contributed by atoms with E-state index in [0.717, 1.165) is 16.7 Å². The first-order chi connectivity index (χ1) is 15.8. The van der Waals surface area contributed by atoms with Gasteiger partial charge in [-0.2, -0.15) is 0 Å². The summed E-state index contributed by atoms with van der Waals surface area (Å²) in [5.41, 5.74) is 9.33. The molecule has 8 nitrogen and oxygen atoms in total. The second-order valence-corrected chi connectivity index (χ2v) is 8.84. The van der Waals surface area contributed by atoms with Gasteiger partial charge in [0.05, 0.1) is 12.1 Å². The smallest absolute Gasteiger partial charge is 0.326 e. The molecule has 33 heavy (non-hydrogen) atoms. The molecule has 4 atom stereocenters. The van der Waals surface area contributed by atoms with E-state index >= 15 is 0 Å². The highest BCUT2D eigenvalue weighted by atomic mass is 16.4. The van der Waals surface area contributed by atoms with Gasteiger partial charge in [0.15, 0.2) is 0 Å². The van der Waals surface area contributed by atoms with Crippen LogP contribution in [0.4, 0.5) is 5.69 Å². The zero-order chi connectivity index (χ0) is 23.5. The minimum Gasteiger partial charge on any atom is -0.480 e. The standard InChI is InChI=1S/C25H29N3O5/c26-17-11-10-16-13-20(27-19(24(30)31)12-9-15-5-2-1-3-6-15)23(29)28-21(18(16)14-17)7-4-8-22(28)25(32)33/h1-3,5-6,10-11,14,19-22,27H,4,7-9,12-13,26H2,(H,30,31)(H,32,33)/t19-,20+,21-,22+/m0/s1. The Kier molecular flexibility index (Phi) is 6.65. The molecular formula is C25H29N3O5. The van der Waals surface area contributed by atoms with Crippen LogP contribution in [0.3, 0.4) is 0 Å². The number of hydrogen-bond acceptors (Lipinski definition) is 5. The average molecular weight is 452 g/mol. The lowest BCUT2D eigenvalue weighted by Gasteiger charge is -2.41. The Balaban J connectivity index is 1.64. The van der Waals surface area contributed by atoms with Gasteiger partial charge in [0.1, 0.15) is 12.1 Å². The molecule has 0 radical (unpaired) electrons. The minimum absolute atomic E-state index is 0.281. The van der Waals surface area contributed by atoms with Gasteiger partial charge in [-0.25, -0.2) is 4.79 Å². The van der Waals surface area contributed by atoms with E-state index in [1.54, 1.807) is 6.07 Å². The fourth-order valence-corrected chi connectivity index (χ4v) is 5.06. The van der Waals surface area contributed by atoms with Crippen molar-refractivity contribution in [2.75, 3.05) is 5.73 Å².